The Morgan fingerprint density at radius 1 is 1.28 bits per heavy atom. The molecule has 25 heavy (non-hydrogen) atoms. The number of aryl methyl sites for hydroxylation is 1. The van der Waals surface area contributed by atoms with E-state index in [1.807, 2.05) is 24.4 Å². The first-order chi connectivity index (χ1) is 12.0. The minimum absolute atomic E-state index is 0.181. The molecule has 3 aromatic rings. The summed E-state index contributed by atoms with van der Waals surface area (Å²) < 4.78 is 15.3. The number of carbonyl (C=O) groups is 1. The predicted molar refractivity (Wildman–Crippen MR) is 94.7 cm³/mol. The van der Waals surface area contributed by atoms with Crippen LogP contribution < -0.4 is 10.7 Å². The first kappa shape index (κ1) is 17.0. The van der Waals surface area contributed by atoms with E-state index in [0.717, 1.165) is 4.88 Å². The lowest BCUT2D eigenvalue weighted by Gasteiger charge is -2.14. The Bertz CT molecular complexity index is 967. The number of rotatable bonds is 4. The van der Waals surface area contributed by atoms with E-state index >= 15 is 0 Å². The van der Waals surface area contributed by atoms with Crippen LogP contribution in [0, 0.1) is 12.7 Å². The van der Waals surface area contributed by atoms with Gasteiger partial charge in [-0.05, 0) is 37.4 Å². The highest BCUT2D eigenvalue weighted by Gasteiger charge is 2.19. The van der Waals surface area contributed by atoms with Crippen molar-refractivity contribution in [1.82, 2.24) is 15.1 Å². The fraction of sp³-hybridized carbons (Fsp3) is 0.167. The molecule has 1 amide bonds. The average Bonchev–Trinajstić information content (AvgIpc) is 3.10. The highest BCUT2D eigenvalue weighted by atomic mass is 32.1. The summed E-state index contributed by atoms with van der Waals surface area (Å²) in [5.41, 5.74) is -0.142. The van der Waals surface area contributed by atoms with E-state index in [9.17, 15) is 14.0 Å². The molecule has 1 N–H and O–H groups in total. The van der Waals surface area contributed by atoms with Crippen LogP contribution in [0.4, 0.5) is 4.39 Å². The van der Waals surface area contributed by atoms with E-state index in [4.69, 9.17) is 0 Å². The molecule has 0 aliphatic heterocycles. The highest BCUT2D eigenvalue weighted by molar-refractivity contribution is 7.10. The monoisotopic (exact) mass is 357 g/mol. The van der Waals surface area contributed by atoms with E-state index in [0.29, 0.717) is 5.69 Å². The molecule has 3 rings (SSSR count). The first-order valence-corrected chi connectivity index (χ1v) is 8.55. The summed E-state index contributed by atoms with van der Waals surface area (Å²) in [4.78, 5) is 25.6. The molecule has 7 heteroatoms. The summed E-state index contributed by atoms with van der Waals surface area (Å²) in [6, 6.07) is 10.9. The Hall–Kier alpha value is -2.80. The van der Waals surface area contributed by atoms with Gasteiger partial charge >= 0.3 is 0 Å². The molecule has 0 aliphatic rings. The van der Waals surface area contributed by atoms with Gasteiger partial charge in [0.2, 0.25) is 5.43 Å². The van der Waals surface area contributed by atoms with Crippen LogP contribution in [0.15, 0.2) is 52.6 Å². The van der Waals surface area contributed by atoms with Crippen molar-refractivity contribution in [2.24, 2.45) is 0 Å². The molecule has 0 saturated heterocycles. The second kappa shape index (κ2) is 6.98. The Morgan fingerprint density at radius 2 is 2.04 bits per heavy atom. The number of hydrogen-bond acceptors (Lipinski definition) is 4. The minimum atomic E-state index is -0.587. The smallest absolute Gasteiger partial charge is 0.276 e. The van der Waals surface area contributed by atoms with Crippen LogP contribution in [-0.2, 0) is 0 Å². The number of aromatic nitrogens is 2. The number of carbonyl (C=O) groups excluding carboxylic acids is 1. The molecule has 0 radical (unpaired) electrons. The molecule has 1 atom stereocenters. The van der Waals surface area contributed by atoms with Crippen molar-refractivity contribution >= 4 is 17.2 Å². The van der Waals surface area contributed by atoms with Crippen LogP contribution in [0.25, 0.3) is 5.69 Å². The third kappa shape index (κ3) is 3.51. The molecule has 0 fully saturated rings. The van der Waals surface area contributed by atoms with Crippen LogP contribution >= 0.6 is 11.3 Å². The van der Waals surface area contributed by atoms with Gasteiger partial charge in [-0.25, -0.2) is 9.07 Å². The maximum Gasteiger partial charge on any atom is 0.276 e. The lowest BCUT2D eigenvalue weighted by atomic mass is 10.2. The van der Waals surface area contributed by atoms with Crippen LogP contribution in [0.5, 0.6) is 0 Å². The lowest BCUT2D eigenvalue weighted by molar-refractivity contribution is 0.0932. The predicted octanol–water partition coefficient (Wildman–Crippen LogP) is 3.23. The second-order valence-electron chi connectivity index (χ2n) is 5.57. The Kier molecular flexibility index (Phi) is 4.76. The SMILES string of the molecule is Cc1cc(=O)c(C(=O)N[C@H](C)c2cccs2)nn1-c1ccccc1F. The summed E-state index contributed by atoms with van der Waals surface area (Å²) in [6.45, 7) is 3.46. The molecule has 0 aliphatic carbocycles. The van der Waals surface area contributed by atoms with E-state index in [1.54, 1.807) is 19.1 Å². The standard InChI is InChI=1S/C18H16FN3O2S/c1-11-10-15(23)17(18(24)20-12(2)16-8-5-9-25-16)21-22(11)14-7-4-3-6-13(14)19/h3-10,12H,1-2H3,(H,20,24)/t12-/m1/s1. The normalized spacial score (nSPS) is 12.0. The third-order valence-corrected chi connectivity index (χ3v) is 4.78. The van der Waals surface area contributed by atoms with Crippen LogP contribution in [0.2, 0.25) is 0 Å². The van der Waals surface area contributed by atoms with E-state index in [1.165, 1.54) is 34.2 Å². The van der Waals surface area contributed by atoms with Gasteiger partial charge in [-0.2, -0.15) is 5.10 Å². The van der Waals surface area contributed by atoms with Crippen molar-refractivity contribution in [2.45, 2.75) is 19.9 Å². The maximum atomic E-state index is 14.0. The van der Waals surface area contributed by atoms with Crippen molar-refractivity contribution in [1.29, 1.82) is 0 Å². The van der Waals surface area contributed by atoms with Gasteiger partial charge in [0.1, 0.15) is 11.5 Å². The van der Waals surface area contributed by atoms with Crippen LogP contribution in [0.3, 0.4) is 0 Å². The Labute approximate surface area is 147 Å². The summed E-state index contributed by atoms with van der Waals surface area (Å²) in [5.74, 6) is -1.07. The number of hydrogen-bond donors (Lipinski definition) is 1. The van der Waals surface area contributed by atoms with Crippen molar-refractivity contribution < 1.29 is 9.18 Å². The van der Waals surface area contributed by atoms with Gasteiger partial charge in [-0.3, -0.25) is 9.59 Å². The topological polar surface area (TPSA) is 64.0 Å². The molecule has 1 aromatic carbocycles. The second-order valence-corrected chi connectivity index (χ2v) is 6.55. The molecule has 0 saturated carbocycles. The molecule has 2 heterocycles. The molecule has 128 valence electrons. The van der Waals surface area contributed by atoms with Crippen molar-refractivity contribution in [3.05, 3.63) is 80.2 Å². The largest absolute Gasteiger partial charge is 0.343 e. The van der Waals surface area contributed by atoms with Gasteiger partial charge in [-0.15, -0.1) is 11.3 Å². The summed E-state index contributed by atoms with van der Waals surface area (Å²) in [5, 5.41) is 8.76. The number of thiophene rings is 1. The zero-order valence-electron chi connectivity index (χ0n) is 13.7. The number of para-hydroxylation sites is 1. The molecule has 5 nitrogen and oxygen atoms in total. The number of nitrogens with one attached hydrogen (secondary N) is 1. The van der Waals surface area contributed by atoms with Gasteiger partial charge < -0.3 is 5.32 Å². The molecule has 0 spiro atoms. The molecule has 2 aromatic heterocycles. The quantitative estimate of drug-likeness (QED) is 0.780. The number of nitrogens with zero attached hydrogens (tertiary/aromatic N) is 2. The van der Waals surface area contributed by atoms with E-state index in [2.05, 4.69) is 10.4 Å². The number of benzene rings is 1. The summed E-state index contributed by atoms with van der Waals surface area (Å²) >= 11 is 1.51. The zero-order chi connectivity index (χ0) is 18.0. The van der Waals surface area contributed by atoms with Gasteiger partial charge in [0.05, 0.1) is 6.04 Å². The molecule has 0 unspecified atom stereocenters. The van der Waals surface area contributed by atoms with Gasteiger partial charge in [0.25, 0.3) is 5.91 Å². The van der Waals surface area contributed by atoms with E-state index < -0.39 is 17.2 Å². The summed E-state index contributed by atoms with van der Waals surface area (Å²) in [6.07, 6.45) is 0. The van der Waals surface area contributed by atoms with Crippen LogP contribution in [0.1, 0.15) is 34.0 Å². The first-order valence-electron chi connectivity index (χ1n) is 7.67. The van der Waals surface area contributed by atoms with Gasteiger partial charge in [-0.1, -0.05) is 18.2 Å². The fourth-order valence-corrected chi connectivity index (χ4v) is 3.18. The number of amides is 1. The third-order valence-electron chi connectivity index (χ3n) is 3.72. The maximum absolute atomic E-state index is 14.0. The minimum Gasteiger partial charge on any atom is -0.343 e. The van der Waals surface area contributed by atoms with Gasteiger partial charge in [0, 0.05) is 16.6 Å². The molecular weight excluding hydrogens is 341 g/mol. The Balaban J connectivity index is 1.97. The number of halogens is 1. The Morgan fingerprint density at radius 3 is 2.72 bits per heavy atom. The average molecular weight is 357 g/mol. The van der Waals surface area contributed by atoms with Crippen molar-refractivity contribution in [2.75, 3.05) is 0 Å². The zero-order valence-corrected chi connectivity index (χ0v) is 14.5. The van der Waals surface area contributed by atoms with Crippen molar-refractivity contribution in [3.8, 4) is 5.69 Å². The lowest BCUT2D eigenvalue weighted by Crippen LogP contribution is -2.33. The fourth-order valence-electron chi connectivity index (χ4n) is 2.45. The van der Waals surface area contributed by atoms with Gasteiger partial charge in [0.15, 0.2) is 5.69 Å². The molecular formula is C18H16FN3O2S. The van der Waals surface area contributed by atoms with Crippen molar-refractivity contribution in [3.63, 3.8) is 0 Å². The summed E-state index contributed by atoms with van der Waals surface area (Å²) in [7, 11) is 0. The van der Waals surface area contributed by atoms with E-state index in [-0.39, 0.29) is 17.4 Å². The van der Waals surface area contributed by atoms with Crippen LogP contribution in [-0.4, -0.2) is 15.7 Å². The highest BCUT2D eigenvalue weighted by Crippen LogP contribution is 2.18. The molecule has 0 bridgehead atoms.